The quantitative estimate of drug-likeness (QED) is 0.503. The van der Waals surface area contributed by atoms with Gasteiger partial charge in [0.05, 0.1) is 0 Å². The second-order valence-corrected chi connectivity index (χ2v) is 7.42. The summed E-state index contributed by atoms with van der Waals surface area (Å²) in [6, 6.07) is 18.3. The summed E-state index contributed by atoms with van der Waals surface area (Å²) in [4.78, 5) is 12.2. The molecule has 0 bridgehead atoms. The molecule has 1 amide bonds. The topological polar surface area (TPSA) is 80.9 Å². The lowest BCUT2D eigenvalue weighted by Gasteiger charge is -2.13. The van der Waals surface area contributed by atoms with Crippen LogP contribution in [0.3, 0.4) is 0 Å². The fourth-order valence-corrected chi connectivity index (χ4v) is 2.92. The first kappa shape index (κ1) is 21.0. The highest BCUT2D eigenvalue weighted by Crippen LogP contribution is 2.19. The maximum Gasteiger partial charge on any atom is 0.287 e. The molecule has 0 aliphatic rings. The van der Waals surface area contributed by atoms with Crippen LogP contribution in [0.15, 0.2) is 69.6 Å². The number of aryl methyl sites for hydroxylation is 1. The van der Waals surface area contributed by atoms with Crippen LogP contribution in [0, 0.1) is 6.92 Å². The van der Waals surface area contributed by atoms with Crippen LogP contribution in [0.2, 0.25) is 0 Å². The van der Waals surface area contributed by atoms with E-state index in [1.165, 1.54) is 0 Å². The van der Waals surface area contributed by atoms with Gasteiger partial charge in [-0.3, -0.25) is 4.79 Å². The van der Waals surface area contributed by atoms with Gasteiger partial charge in [0.1, 0.15) is 36.6 Å². The van der Waals surface area contributed by atoms with Gasteiger partial charge in [-0.1, -0.05) is 34.1 Å². The van der Waals surface area contributed by atoms with E-state index in [0.717, 1.165) is 10.0 Å². The fraction of sp³-hybridized carbons (Fsp3) is 0.227. The summed E-state index contributed by atoms with van der Waals surface area (Å²) in [5, 5.41) is 12.7. The minimum Gasteiger partial charge on any atom is -0.491 e. The van der Waals surface area contributed by atoms with Crippen molar-refractivity contribution < 1.29 is 23.8 Å². The number of furan rings is 1. The molecule has 3 rings (SSSR count). The van der Waals surface area contributed by atoms with E-state index >= 15 is 0 Å². The van der Waals surface area contributed by atoms with Crippen molar-refractivity contribution in [2.75, 3.05) is 13.2 Å². The highest BCUT2D eigenvalue weighted by molar-refractivity contribution is 9.10. The second-order valence-electron chi connectivity index (χ2n) is 6.50. The number of aliphatic hydroxyl groups excluding tert-OH is 1. The molecule has 0 saturated heterocycles. The molecule has 29 heavy (non-hydrogen) atoms. The van der Waals surface area contributed by atoms with Gasteiger partial charge in [0.25, 0.3) is 5.91 Å². The Balaban J connectivity index is 1.42. The Kier molecular flexibility index (Phi) is 7.32. The zero-order valence-electron chi connectivity index (χ0n) is 15.9. The predicted octanol–water partition coefficient (Wildman–Crippen LogP) is 4.10. The molecule has 2 aromatic carbocycles. The standard InChI is InChI=1S/C22H22BrNO5/c1-15-4-2-6-18(10-15)27-13-17(25)12-24-22(26)21-9-8-20(29-21)14-28-19-7-3-5-16(23)11-19/h2-11,17,25H,12-14H2,1H3,(H,24,26). The average molecular weight is 460 g/mol. The van der Waals surface area contributed by atoms with Crippen molar-refractivity contribution in [3.63, 3.8) is 0 Å². The number of amides is 1. The van der Waals surface area contributed by atoms with E-state index in [1.54, 1.807) is 12.1 Å². The molecule has 1 unspecified atom stereocenters. The molecule has 7 heteroatoms. The van der Waals surface area contributed by atoms with Gasteiger partial charge >= 0.3 is 0 Å². The van der Waals surface area contributed by atoms with Gasteiger partial charge in [0, 0.05) is 11.0 Å². The molecule has 0 saturated carbocycles. The first-order valence-corrected chi connectivity index (χ1v) is 9.92. The largest absolute Gasteiger partial charge is 0.491 e. The number of hydrogen-bond donors (Lipinski definition) is 2. The summed E-state index contributed by atoms with van der Waals surface area (Å²) >= 11 is 3.38. The molecule has 3 aromatic rings. The van der Waals surface area contributed by atoms with Crippen molar-refractivity contribution in [1.82, 2.24) is 5.32 Å². The van der Waals surface area contributed by atoms with Crippen molar-refractivity contribution in [2.45, 2.75) is 19.6 Å². The van der Waals surface area contributed by atoms with Crippen LogP contribution in [-0.2, 0) is 6.61 Å². The van der Waals surface area contributed by atoms with E-state index in [-0.39, 0.29) is 25.5 Å². The number of carbonyl (C=O) groups excluding carboxylic acids is 1. The van der Waals surface area contributed by atoms with Gasteiger partial charge < -0.3 is 24.3 Å². The van der Waals surface area contributed by atoms with Gasteiger partial charge in [-0.05, 0) is 55.0 Å². The summed E-state index contributed by atoms with van der Waals surface area (Å²) in [7, 11) is 0. The summed E-state index contributed by atoms with van der Waals surface area (Å²) < 4.78 is 17.6. The van der Waals surface area contributed by atoms with Gasteiger partial charge in [-0.2, -0.15) is 0 Å². The van der Waals surface area contributed by atoms with Crippen molar-refractivity contribution in [3.05, 3.63) is 82.2 Å². The van der Waals surface area contributed by atoms with E-state index < -0.39 is 12.0 Å². The minimum absolute atomic E-state index is 0.0508. The molecule has 1 atom stereocenters. The molecule has 0 fully saturated rings. The molecule has 0 radical (unpaired) electrons. The van der Waals surface area contributed by atoms with Crippen LogP contribution >= 0.6 is 15.9 Å². The number of hydrogen-bond acceptors (Lipinski definition) is 5. The Morgan fingerprint density at radius 2 is 1.86 bits per heavy atom. The molecule has 6 nitrogen and oxygen atoms in total. The predicted molar refractivity (Wildman–Crippen MR) is 112 cm³/mol. The van der Waals surface area contributed by atoms with Crippen molar-refractivity contribution in [3.8, 4) is 11.5 Å². The van der Waals surface area contributed by atoms with E-state index in [0.29, 0.717) is 17.3 Å². The summed E-state index contributed by atoms with van der Waals surface area (Å²) in [6.45, 7) is 2.30. The van der Waals surface area contributed by atoms with Crippen LogP contribution < -0.4 is 14.8 Å². The first-order chi connectivity index (χ1) is 14.0. The Hall–Kier alpha value is -2.77. The molecule has 0 aliphatic heterocycles. The Morgan fingerprint density at radius 3 is 2.62 bits per heavy atom. The maximum atomic E-state index is 12.2. The van der Waals surface area contributed by atoms with Crippen LogP contribution in [0.4, 0.5) is 0 Å². The molecular weight excluding hydrogens is 438 g/mol. The Labute approximate surface area is 177 Å². The van der Waals surface area contributed by atoms with Crippen molar-refractivity contribution >= 4 is 21.8 Å². The van der Waals surface area contributed by atoms with Gasteiger partial charge in [-0.25, -0.2) is 0 Å². The Bertz CT molecular complexity index is 956. The molecular formula is C22H22BrNO5. The van der Waals surface area contributed by atoms with Gasteiger partial charge in [-0.15, -0.1) is 0 Å². The maximum absolute atomic E-state index is 12.2. The molecule has 2 N–H and O–H groups in total. The van der Waals surface area contributed by atoms with Gasteiger partial charge in [0.2, 0.25) is 0 Å². The molecule has 1 heterocycles. The van der Waals surface area contributed by atoms with Crippen molar-refractivity contribution in [2.24, 2.45) is 0 Å². The fourth-order valence-electron chi connectivity index (χ4n) is 2.54. The lowest BCUT2D eigenvalue weighted by molar-refractivity contribution is 0.0819. The van der Waals surface area contributed by atoms with Crippen LogP contribution in [0.25, 0.3) is 0 Å². The van der Waals surface area contributed by atoms with E-state index in [2.05, 4.69) is 21.2 Å². The normalized spacial score (nSPS) is 11.7. The SMILES string of the molecule is Cc1cccc(OCC(O)CNC(=O)c2ccc(COc3cccc(Br)c3)o2)c1. The highest BCUT2D eigenvalue weighted by Gasteiger charge is 2.14. The number of aliphatic hydroxyl groups is 1. The summed E-state index contributed by atoms with van der Waals surface area (Å²) in [5.74, 6) is 1.64. The molecule has 0 spiro atoms. The number of rotatable bonds is 9. The average Bonchev–Trinajstić information content (AvgIpc) is 3.18. The lowest BCUT2D eigenvalue weighted by Crippen LogP contribution is -2.35. The first-order valence-electron chi connectivity index (χ1n) is 9.12. The van der Waals surface area contributed by atoms with Crippen molar-refractivity contribution in [1.29, 1.82) is 0 Å². The third kappa shape index (κ3) is 6.66. The number of ether oxygens (including phenoxy) is 2. The smallest absolute Gasteiger partial charge is 0.287 e. The molecule has 0 aliphatic carbocycles. The van der Waals surface area contributed by atoms with Gasteiger partial charge in [0.15, 0.2) is 5.76 Å². The van der Waals surface area contributed by atoms with E-state index in [9.17, 15) is 9.90 Å². The summed E-state index contributed by atoms with van der Waals surface area (Å²) in [5.41, 5.74) is 1.07. The van der Waals surface area contributed by atoms with E-state index in [4.69, 9.17) is 13.9 Å². The Morgan fingerprint density at radius 1 is 1.10 bits per heavy atom. The number of nitrogens with one attached hydrogen (secondary N) is 1. The minimum atomic E-state index is -0.839. The molecule has 1 aromatic heterocycles. The van der Waals surface area contributed by atoms with Crippen LogP contribution in [0.5, 0.6) is 11.5 Å². The third-order valence-corrected chi connectivity index (χ3v) is 4.49. The van der Waals surface area contributed by atoms with E-state index in [1.807, 2.05) is 55.5 Å². The number of carbonyl (C=O) groups is 1. The lowest BCUT2D eigenvalue weighted by atomic mass is 10.2. The van der Waals surface area contributed by atoms with Crippen LogP contribution in [-0.4, -0.2) is 30.3 Å². The number of benzene rings is 2. The zero-order valence-corrected chi connectivity index (χ0v) is 17.5. The summed E-state index contributed by atoms with van der Waals surface area (Å²) in [6.07, 6.45) is -0.839. The third-order valence-electron chi connectivity index (χ3n) is 3.99. The molecule has 152 valence electrons. The number of halogens is 1. The van der Waals surface area contributed by atoms with Crippen LogP contribution in [0.1, 0.15) is 21.9 Å². The second kappa shape index (κ2) is 10.1. The monoisotopic (exact) mass is 459 g/mol. The highest BCUT2D eigenvalue weighted by atomic mass is 79.9. The zero-order chi connectivity index (χ0) is 20.6.